The highest BCUT2D eigenvalue weighted by molar-refractivity contribution is 6.16. The molecule has 0 aliphatic heterocycles. The number of alkyl halides is 1. The highest BCUT2D eigenvalue weighted by atomic mass is 35.5. The van der Waals surface area contributed by atoms with Crippen LogP contribution in [-0.4, -0.2) is 9.55 Å². The topological polar surface area (TPSA) is 17.8 Å². The third-order valence-electron chi connectivity index (χ3n) is 5.59. The number of halogens is 2. The van der Waals surface area contributed by atoms with E-state index in [2.05, 4.69) is 37.2 Å². The molecule has 1 aromatic heterocycles. The van der Waals surface area contributed by atoms with Gasteiger partial charge in [0.05, 0.1) is 16.9 Å². The average Bonchev–Trinajstić information content (AvgIpc) is 2.69. The van der Waals surface area contributed by atoms with Crippen LogP contribution >= 0.6 is 11.6 Å². The third kappa shape index (κ3) is 1.79. The SMILES string of the molecule is CC1(C)C(Cn2c(CCl)nc3cc(F)ccc32)C1(C)C. The summed E-state index contributed by atoms with van der Waals surface area (Å²) in [4.78, 5) is 4.46. The van der Waals surface area contributed by atoms with Gasteiger partial charge in [0.1, 0.15) is 11.6 Å². The molecule has 0 amide bonds. The van der Waals surface area contributed by atoms with Crippen molar-refractivity contribution in [1.82, 2.24) is 9.55 Å². The Labute approximate surface area is 123 Å². The van der Waals surface area contributed by atoms with Crippen LogP contribution in [0.1, 0.15) is 33.5 Å². The van der Waals surface area contributed by atoms with Gasteiger partial charge in [0.2, 0.25) is 0 Å². The van der Waals surface area contributed by atoms with Gasteiger partial charge in [0.25, 0.3) is 0 Å². The lowest BCUT2D eigenvalue weighted by Gasteiger charge is -2.09. The molecule has 1 saturated carbocycles. The monoisotopic (exact) mass is 294 g/mol. The van der Waals surface area contributed by atoms with Gasteiger partial charge in [-0.15, -0.1) is 11.6 Å². The summed E-state index contributed by atoms with van der Waals surface area (Å²) in [5.41, 5.74) is 2.29. The van der Waals surface area contributed by atoms with Crippen LogP contribution in [0.5, 0.6) is 0 Å². The van der Waals surface area contributed by atoms with E-state index in [1.165, 1.54) is 12.1 Å². The Bertz CT molecular complexity index is 658. The van der Waals surface area contributed by atoms with Crippen LogP contribution < -0.4 is 0 Å². The molecule has 1 fully saturated rings. The highest BCUT2D eigenvalue weighted by Gasteiger charge is 2.64. The summed E-state index contributed by atoms with van der Waals surface area (Å²) in [5.74, 6) is 1.50. The van der Waals surface area contributed by atoms with E-state index in [0.29, 0.717) is 28.1 Å². The van der Waals surface area contributed by atoms with Crippen molar-refractivity contribution in [1.29, 1.82) is 0 Å². The Morgan fingerprint density at radius 3 is 2.45 bits per heavy atom. The molecular formula is C16H20ClFN2. The molecule has 0 bridgehead atoms. The van der Waals surface area contributed by atoms with E-state index in [4.69, 9.17) is 11.6 Å². The van der Waals surface area contributed by atoms with Crippen LogP contribution in [0.15, 0.2) is 18.2 Å². The largest absolute Gasteiger partial charge is 0.327 e. The molecule has 0 spiro atoms. The second-order valence-corrected chi connectivity index (χ2v) is 7.17. The number of imidazole rings is 1. The lowest BCUT2D eigenvalue weighted by molar-refractivity contribution is 0.457. The van der Waals surface area contributed by atoms with E-state index < -0.39 is 0 Å². The first-order valence-corrected chi connectivity index (χ1v) is 7.53. The minimum Gasteiger partial charge on any atom is -0.327 e. The maximum absolute atomic E-state index is 13.3. The van der Waals surface area contributed by atoms with Gasteiger partial charge in [-0.05, 0) is 28.9 Å². The molecule has 4 heteroatoms. The van der Waals surface area contributed by atoms with Crippen LogP contribution in [0, 0.1) is 22.6 Å². The molecule has 3 rings (SSSR count). The van der Waals surface area contributed by atoms with Gasteiger partial charge in [-0.25, -0.2) is 9.37 Å². The molecule has 0 saturated heterocycles. The van der Waals surface area contributed by atoms with Crippen molar-refractivity contribution in [3.05, 3.63) is 29.8 Å². The Morgan fingerprint density at radius 2 is 1.90 bits per heavy atom. The number of hydrogen-bond acceptors (Lipinski definition) is 1. The van der Waals surface area contributed by atoms with Gasteiger partial charge in [-0.2, -0.15) is 0 Å². The number of rotatable bonds is 3. The van der Waals surface area contributed by atoms with Crippen LogP contribution in [0.2, 0.25) is 0 Å². The predicted molar refractivity (Wildman–Crippen MR) is 80.3 cm³/mol. The van der Waals surface area contributed by atoms with E-state index in [-0.39, 0.29) is 5.82 Å². The molecular weight excluding hydrogens is 275 g/mol. The minimum atomic E-state index is -0.254. The first-order valence-electron chi connectivity index (χ1n) is 6.99. The lowest BCUT2D eigenvalue weighted by Crippen LogP contribution is -2.07. The van der Waals surface area contributed by atoms with Crippen LogP contribution in [0.4, 0.5) is 4.39 Å². The van der Waals surface area contributed by atoms with Crippen molar-refractivity contribution in [2.24, 2.45) is 16.7 Å². The van der Waals surface area contributed by atoms with Crippen molar-refractivity contribution in [3.8, 4) is 0 Å². The summed E-state index contributed by atoms with van der Waals surface area (Å²) >= 11 is 6.01. The number of fused-ring (bicyclic) bond motifs is 1. The average molecular weight is 295 g/mol. The van der Waals surface area contributed by atoms with Crippen molar-refractivity contribution in [3.63, 3.8) is 0 Å². The summed E-state index contributed by atoms with van der Waals surface area (Å²) in [6, 6.07) is 4.77. The zero-order valence-electron chi connectivity index (χ0n) is 12.4. The fraction of sp³-hybridized carbons (Fsp3) is 0.562. The normalized spacial score (nSPS) is 20.5. The molecule has 0 atom stereocenters. The first kappa shape index (κ1) is 13.9. The van der Waals surface area contributed by atoms with Gasteiger partial charge in [-0.3, -0.25) is 0 Å². The molecule has 0 N–H and O–H groups in total. The Kier molecular flexibility index (Phi) is 2.91. The summed E-state index contributed by atoms with van der Waals surface area (Å²) in [7, 11) is 0. The predicted octanol–water partition coefficient (Wildman–Crippen LogP) is 4.60. The molecule has 1 aliphatic rings. The number of benzene rings is 1. The molecule has 1 aromatic carbocycles. The van der Waals surface area contributed by atoms with Gasteiger partial charge in [-0.1, -0.05) is 27.7 Å². The maximum atomic E-state index is 13.3. The van der Waals surface area contributed by atoms with E-state index in [1.54, 1.807) is 6.07 Å². The van der Waals surface area contributed by atoms with E-state index in [1.807, 2.05) is 0 Å². The molecule has 0 radical (unpaired) electrons. The van der Waals surface area contributed by atoms with Crippen LogP contribution in [-0.2, 0) is 12.4 Å². The standard InChI is InChI=1S/C16H20ClFN2/c1-15(2)13(16(15,3)4)9-20-12-6-5-10(18)7-11(12)19-14(20)8-17/h5-7,13H,8-9H2,1-4H3. The minimum absolute atomic E-state index is 0.254. The summed E-state index contributed by atoms with van der Waals surface area (Å²) < 4.78 is 15.5. The second-order valence-electron chi connectivity index (χ2n) is 6.90. The van der Waals surface area contributed by atoms with E-state index >= 15 is 0 Å². The summed E-state index contributed by atoms with van der Waals surface area (Å²) in [5, 5.41) is 0. The van der Waals surface area contributed by atoms with Gasteiger partial charge in [0, 0.05) is 12.6 Å². The second kappa shape index (κ2) is 4.20. The van der Waals surface area contributed by atoms with Crippen LogP contribution in [0.3, 0.4) is 0 Å². The smallest absolute Gasteiger partial charge is 0.125 e. The van der Waals surface area contributed by atoms with Crippen molar-refractivity contribution < 1.29 is 4.39 Å². The quantitative estimate of drug-likeness (QED) is 0.757. The van der Waals surface area contributed by atoms with Crippen molar-refractivity contribution >= 4 is 22.6 Å². The molecule has 1 aliphatic carbocycles. The maximum Gasteiger partial charge on any atom is 0.125 e. The Hall–Kier alpha value is -1.09. The Morgan fingerprint density at radius 1 is 1.25 bits per heavy atom. The number of nitrogens with zero attached hydrogens (tertiary/aromatic N) is 2. The number of aromatic nitrogens is 2. The van der Waals surface area contributed by atoms with Crippen LogP contribution in [0.25, 0.3) is 11.0 Å². The lowest BCUT2D eigenvalue weighted by atomic mass is 10.0. The third-order valence-corrected chi connectivity index (χ3v) is 5.83. The highest BCUT2D eigenvalue weighted by Crippen LogP contribution is 2.69. The Balaban J connectivity index is 2.03. The summed E-state index contributed by atoms with van der Waals surface area (Å²) in [6.45, 7) is 10.1. The molecule has 0 unspecified atom stereocenters. The summed E-state index contributed by atoms with van der Waals surface area (Å²) in [6.07, 6.45) is 0. The fourth-order valence-electron chi connectivity index (χ4n) is 3.43. The zero-order valence-corrected chi connectivity index (χ0v) is 13.1. The molecule has 1 heterocycles. The zero-order chi connectivity index (χ0) is 14.7. The van der Waals surface area contributed by atoms with Crippen molar-refractivity contribution in [2.75, 3.05) is 0 Å². The van der Waals surface area contributed by atoms with Gasteiger partial charge >= 0.3 is 0 Å². The van der Waals surface area contributed by atoms with Gasteiger partial charge in [0.15, 0.2) is 0 Å². The molecule has 2 nitrogen and oxygen atoms in total. The van der Waals surface area contributed by atoms with E-state index in [9.17, 15) is 4.39 Å². The molecule has 20 heavy (non-hydrogen) atoms. The first-order chi connectivity index (χ1) is 9.29. The van der Waals surface area contributed by atoms with E-state index in [0.717, 1.165) is 17.9 Å². The fourth-order valence-corrected chi connectivity index (χ4v) is 3.63. The van der Waals surface area contributed by atoms with Gasteiger partial charge < -0.3 is 4.57 Å². The molecule has 108 valence electrons. The number of hydrogen-bond donors (Lipinski definition) is 0. The van der Waals surface area contributed by atoms with Crippen molar-refractivity contribution in [2.45, 2.75) is 40.1 Å². The molecule has 2 aromatic rings.